The molecule has 4 aromatic rings. The van der Waals surface area contributed by atoms with Crippen LogP contribution in [-0.4, -0.2) is 217 Å². The summed E-state index contributed by atoms with van der Waals surface area (Å²) in [5.74, 6) is -12.8. The van der Waals surface area contributed by atoms with Crippen molar-refractivity contribution >= 4 is 107 Å². The molecule has 134 heavy (non-hydrogen) atoms. The first kappa shape index (κ1) is 110. The van der Waals surface area contributed by atoms with Crippen LogP contribution in [0, 0.1) is 21.6 Å². The van der Waals surface area contributed by atoms with E-state index in [-0.39, 0.29) is 189 Å². The van der Waals surface area contributed by atoms with E-state index in [0.29, 0.717) is 44.5 Å². The molecule has 8 bridgehead atoms. The Hall–Kier alpha value is -14.3. The zero-order valence-corrected chi connectivity index (χ0v) is 78.4. The number of carbonyl (C=O) groups is 14. The van der Waals surface area contributed by atoms with Gasteiger partial charge >= 0.3 is 11.9 Å². The predicted molar refractivity (Wildman–Crippen MR) is 498 cm³/mol. The summed E-state index contributed by atoms with van der Waals surface area (Å²) < 4.78 is 13.3. The topological polar surface area (TPSA) is 730 Å². The quantitative estimate of drug-likeness (QED) is 0.0105. The number of phenolic OH excluding ortho intramolecular Hbond substituents is 2. The molecule has 44 heteroatoms. The summed E-state index contributed by atoms with van der Waals surface area (Å²) in [7, 11) is 0. The molecule has 4 atom stereocenters. The molecule has 1 aliphatic rings. The first-order chi connectivity index (χ1) is 62.7. The number of guanidine groups is 4. The zero-order chi connectivity index (χ0) is 100. The van der Waals surface area contributed by atoms with Crippen molar-refractivity contribution < 1.29 is 97.0 Å². The van der Waals surface area contributed by atoms with Crippen LogP contribution in [0.5, 0.6) is 23.0 Å². The maximum Gasteiger partial charge on any atom is 0.326 e. The molecule has 0 aromatic heterocycles. The number of ether oxygens (including phenoxy) is 2. The van der Waals surface area contributed by atoms with E-state index in [1.54, 1.807) is 0 Å². The molecule has 0 radical (unpaired) electrons. The van der Waals surface area contributed by atoms with Crippen LogP contribution in [0.3, 0.4) is 0 Å². The van der Waals surface area contributed by atoms with Crippen LogP contribution in [0.4, 0.5) is 0 Å². The Morgan fingerprint density at radius 3 is 0.799 bits per heavy atom. The van der Waals surface area contributed by atoms with Gasteiger partial charge in [-0.1, -0.05) is 132 Å². The number of rotatable bonds is 46. The van der Waals surface area contributed by atoms with Crippen molar-refractivity contribution in [2.75, 3.05) is 65.6 Å². The van der Waals surface area contributed by atoms with Crippen molar-refractivity contribution in [3.05, 3.63) is 115 Å². The van der Waals surface area contributed by atoms with E-state index in [1.807, 2.05) is 132 Å². The average Bonchev–Trinajstić information content (AvgIpc) is 0.756. The molecular weight excluding hydrogens is 1740 g/mol. The van der Waals surface area contributed by atoms with E-state index in [9.17, 15) is 87.5 Å². The second-order valence-corrected chi connectivity index (χ2v) is 36.8. The molecule has 4 aromatic carbocycles. The number of aliphatic carboxylic acids is 2. The van der Waals surface area contributed by atoms with Gasteiger partial charge in [-0.2, -0.15) is 0 Å². The Bertz CT molecular complexity index is 4540. The molecule has 12 amide bonds. The van der Waals surface area contributed by atoms with Crippen LogP contribution in [-0.2, 0) is 114 Å². The lowest BCUT2D eigenvalue weighted by Gasteiger charge is -2.28. The summed E-state index contributed by atoms with van der Waals surface area (Å²) in [4.78, 5) is 183. The number of amides is 12. The van der Waals surface area contributed by atoms with E-state index in [0.717, 1.165) is 22.3 Å². The van der Waals surface area contributed by atoms with E-state index in [2.05, 4.69) is 85.5 Å². The third-order valence-corrected chi connectivity index (χ3v) is 21.3. The fourth-order valence-electron chi connectivity index (χ4n) is 13.8. The normalized spacial score (nSPS) is 12.7. The number of hydrogen-bond donors (Lipinski definition) is 28. The highest BCUT2D eigenvalue weighted by Crippen LogP contribution is 2.44. The number of nitrogens with two attached hydrogens (primary N) is 4. The van der Waals surface area contributed by atoms with Gasteiger partial charge in [0.05, 0.1) is 26.2 Å². The fraction of sp³-hybridized carbons (Fsp3) is 0.533. The number of benzene rings is 4. The van der Waals surface area contributed by atoms with Gasteiger partial charge in [-0.15, -0.1) is 0 Å². The number of aromatic hydroxyl groups is 2. The number of carbonyl (C=O) groups excluding carboxylic acids is 12. The van der Waals surface area contributed by atoms with Gasteiger partial charge < -0.3 is 117 Å². The molecule has 5 rings (SSSR count). The summed E-state index contributed by atoms with van der Waals surface area (Å²) >= 11 is 0. The second-order valence-electron chi connectivity index (χ2n) is 36.8. The molecule has 0 spiro atoms. The molecule has 736 valence electrons. The Kier molecular flexibility index (Phi) is 42.9. The number of phenols is 2. The van der Waals surface area contributed by atoms with Crippen LogP contribution in [0.15, 0.2) is 48.5 Å². The van der Waals surface area contributed by atoms with Gasteiger partial charge in [-0.3, -0.25) is 101 Å². The Morgan fingerprint density at radius 1 is 0.313 bits per heavy atom. The Morgan fingerprint density at radius 2 is 0.545 bits per heavy atom. The van der Waals surface area contributed by atoms with Crippen molar-refractivity contribution in [3.8, 4) is 23.0 Å². The summed E-state index contributed by atoms with van der Waals surface area (Å²) in [5, 5.41) is 104. The number of hydrazine groups is 2. The van der Waals surface area contributed by atoms with Gasteiger partial charge in [-0.05, 0) is 153 Å². The number of hydrogen-bond acceptors (Lipinski definition) is 22. The van der Waals surface area contributed by atoms with Gasteiger partial charge in [0.25, 0.3) is 11.8 Å². The minimum atomic E-state index is -1.33. The minimum Gasteiger partial charge on any atom is -0.507 e. The lowest BCUT2D eigenvalue weighted by atomic mass is 9.79. The van der Waals surface area contributed by atoms with Crippen LogP contribution in [0.2, 0.25) is 0 Å². The van der Waals surface area contributed by atoms with Crippen molar-refractivity contribution in [1.29, 1.82) is 21.6 Å². The zero-order valence-electron chi connectivity index (χ0n) is 78.4. The third kappa shape index (κ3) is 39.4. The molecule has 0 saturated carbocycles. The molecule has 1 aliphatic carbocycles. The highest BCUT2D eigenvalue weighted by molar-refractivity contribution is 5.94. The van der Waals surface area contributed by atoms with Gasteiger partial charge in [0.2, 0.25) is 59.1 Å². The van der Waals surface area contributed by atoms with Crippen molar-refractivity contribution in [2.24, 2.45) is 22.9 Å². The largest absolute Gasteiger partial charge is 0.507 e. The average molecular weight is 1870 g/mol. The highest BCUT2D eigenvalue weighted by atomic mass is 16.5. The molecule has 44 nitrogen and oxygen atoms in total. The van der Waals surface area contributed by atoms with Crippen molar-refractivity contribution in [2.45, 2.75) is 244 Å². The van der Waals surface area contributed by atoms with E-state index in [4.69, 9.17) is 54.0 Å². The second kappa shape index (κ2) is 52.1. The van der Waals surface area contributed by atoms with Crippen LogP contribution >= 0.6 is 0 Å². The van der Waals surface area contributed by atoms with E-state index >= 15 is 0 Å². The van der Waals surface area contributed by atoms with E-state index < -0.39 is 168 Å². The number of carboxylic acids is 2. The van der Waals surface area contributed by atoms with Crippen molar-refractivity contribution in [3.63, 3.8) is 0 Å². The molecule has 0 saturated heterocycles. The van der Waals surface area contributed by atoms with Crippen LogP contribution in [0.25, 0.3) is 0 Å². The summed E-state index contributed by atoms with van der Waals surface area (Å²) in [6.07, 6.45) is -0.361. The summed E-state index contributed by atoms with van der Waals surface area (Å²) in [6.45, 7) is 21.1. The fourth-order valence-corrected chi connectivity index (χ4v) is 13.8. The van der Waals surface area contributed by atoms with Crippen LogP contribution < -0.4 is 118 Å². The number of nitrogens with one attached hydrogen (secondary N) is 20. The Balaban J connectivity index is 1.35. The number of fused-ring (bicyclic) bond motifs is 8. The lowest BCUT2D eigenvalue weighted by Crippen LogP contribution is -2.50. The van der Waals surface area contributed by atoms with Gasteiger partial charge in [0.15, 0.2) is 37.1 Å². The standard InChI is InChI=1S/C90H136N24O20/c1-87(2,3)57-35-49-31-53-39-59(89(7,8)9)41-55(77(53)133-47-73(123)113-111-67(117)25-13-23-65(115)107-61(19-15-27-99-83(91)92)79(127)105-43-69(119)103-45-71(121)109-63(81(129)130)21-17-29-101-85(95)96)33-51-37-58(88(4,5)6)38-52(76(51)126)34-56-42-60(90(10,11)12)40-54(32-50(36-57)75(49)125)78(56)134-48-74(124)114-112-68(118)26-14-24-66(116)108-62(20-16-28-100-84(93)94)80(128)106-44-70(120)104-46-72(122)110-64(82(131)132)22-18-30-102-86(97)98/h35-42,61-64,125-126H,13-34,43-48H2,1-12H3,(H,103,119)(H,104,120)(H,105,127)(H,106,128)(H,107,115)(H,108,116)(H,109,121)(H,110,122)(H,111,117)(H,112,118)(H,113,123)(H,114,124)(H,129,130)(H,131,132)(H4,91,92,99)(H4,93,94,100)(H4,95,96,101)(H4,97,98,102)/t61-,62-,63-,64-/m0/s1. The Labute approximate surface area is 778 Å². The monoisotopic (exact) mass is 1870 g/mol. The maximum absolute atomic E-state index is 14.0. The molecule has 0 fully saturated rings. The van der Waals surface area contributed by atoms with Crippen LogP contribution in [0.1, 0.15) is 240 Å². The van der Waals surface area contributed by atoms with Gasteiger partial charge in [-0.25, -0.2) is 9.59 Å². The summed E-state index contributed by atoms with van der Waals surface area (Å²) in [6, 6.07) is 10.3. The SMILES string of the molecule is CC(C)(C)c1cc2c(O)c(c1)Cc1cc(C(C)(C)C)cc(c1OCC(=O)NNC(=O)CCCC(=O)N[C@@H](CCCNC(=N)N)C(=O)NCC(=O)NCC(=O)N[C@@H](CCCNC(=N)N)C(=O)O)Cc1cc(C(C)(C)C)cc(c1O)Cc1cc(C(C)(C)C)cc(c1OCC(=O)NNC(=O)CCCC(=O)N[C@@H](CCCNC(=N)N)C(=O)NCC(=O)NCC(=O)N[C@@H](CCCNC(=N)N)C(=O)O)C2. The third-order valence-electron chi connectivity index (χ3n) is 21.3. The highest BCUT2D eigenvalue weighted by Gasteiger charge is 2.33. The molecule has 0 unspecified atom stereocenters. The first-order valence-corrected chi connectivity index (χ1v) is 44.1. The molecule has 32 N–H and O–H groups in total. The first-order valence-electron chi connectivity index (χ1n) is 44.1. The predicted octanol–water partition coefficient (Wildman–Crippen LogP) is -0.0163. The minimum absolute atomic E-state index is 0.00322. The van der Waals surface area contributed by atoms with Gasteiger partial charge in [0.1, 0.15) is 47.2 Å². The summed E-state index contributed by atoms with van der Waals surface area (Å²) in [5.41, 5.74) is 36.2. The molecule has 0 aliphatic heterocycles. The van der Waals surface area contributed by atoms with E-state index in [1.165, 1.54) is 0 Å². The van der Waals surface area contributed by atoms with Gasteiger partial charge in [0, 0.05) is 77.5 Å². The molecule has 0 heterocycles. The smallest absolute Gasteiger partial charge is 0.326 e. The molecular formula is C90H136N24O20. The number of carboxylic acid groups (broad SMARTS) is 2. The van der Waals surface area contributed by atoms with Crippen molar-refractivity contribution in [1.82, 2.24) is 85.5 Å². The maximum atomic E-state index is 14.0. The lowest BCUT2D eigenvalue weighted by molar-refractivity contribution is -0.142.